The van der Waals surface area contributed by atoms with Crippen LogP contribution in [-0.2, 0) is 0 Å². The third kappa shape index (κ3) is 5.47. The number of ether oxygens (including phenoxy) is 1. The van der Waals surface area contributed by atoms with E-state index in [9.17, 15) is 13.2 Å². The van der Waals surface area contributed by atoms with Crippen LogP contribution in [-0.4, -0.2) is 17.8 Å². The highest BCUT2D eigenvalue weighted by atomic mass is 35.5. The third-order valence-corrected chi connectivity index (χ3v) is 2.00. The number of nitrogens with two attached hydrogens (primary N) is 1. The third-order valence-electron chi connectivity index (χ3n) is 1.73. The van der Waals surface area contributed by atoms with Crippen LogP contribution >= 0.6 is 25.1 Å². The molecule has 0 aliphatic rings. The fraction of sp³-hybridized carbons (Fsp3) is 0.444. The first-order chi connectivity index (χ1) is 7.29. The smallest absolute Gasteiger partial charge is 0.422 e. The Morgan fingerprint density at radius 1 is 1.53 bits per heavy atom. The van der Waals surface area contributed by atoms with Crippen molar-refractivity contribution in [3.8, 4) is 5.88 Å². The molecule has 8 heteroatoms. The van der Waals surface area contributed by atoms with Crippen LogP contribution in [0.5, 0.6) is 5.88 Å². The number of pyridine rings is 1. The highest BCUT2D eigenvalue weighted by Gasteiger charge is 2.29. The largest absolute Gasteiger partial charge is 0.467 e. The number of aromatic nitrogens is 1. The summed E-state index contributed by atoms with van der Waals surface area (Å²) in [5, 5.41) is 0.0130. The van der Waals surface area contributed by atoms with Crippen molar-refractivity contribution >= 4 is 25.1 Å². The van der Waals surface area contributed by atoms with Gasteiger partial charge in [-0.2, -0.15) is 26.7 Å². The molecule has 1 atom stereocenters. The van der Waals surface area contributed by atoms with Gasteiger partial charge in [-0.15, -0.1) is 0 Å². The lowest BCUT2D eigenvalue weighted by Crippen LogP contribution is -2.20. The zero-order valence-corrected chi connectivity index (χ0v) is 10.6. The van der Waals surface area contributed by atoms with E-state index in [1.165, 1.54) is 12.3 Å². The molecule has 1 heterocycles. The number of hydrogen-bond donors (Lipinski definition) is 1. The molecule has 0 spiro atoms. The summed E-state index contributed by atoms with van der Waals surface area (Å²) in [5.41, 5.74) is 6.19. The quantitative estimate of drug-likeness (QED) is 0.930. The molecule has 0 radical (unpaired) electrons. The average Bonchev–Trinajstić information content (AvgIpc) is 2.14. The van der Waals surface area contributed by atoms with E-state index in [2.05, 4.69) is 9.72 Å². The van der Waals surface area contributed by atoms with Crippen molar-refractivity contribution in [1.82, 2.24) is 4.98 Å². The molecule has 1 aromatic heterocycles. The molecule has 0 fully saturated rings. The van der Waals surface area contributed by atoms with Crippen molar-refractivity contribution in [3.05, 3.63) is 22.8 Å². The van der Waals surface area contributed by atoms with Gasteiger partial charge in [-0.05, 0) is 18.6 Å². The number of nitrogens with zero attached hydrogens (tertiary/aromatic N) is 1. The minimum Gasteiger partial charge on any atom is -0.467 e. The van der Waals surface area contributed by atoms with Crippen LogP contribution in [0, 0.1) is 0 Å². The summed E-state index contributed by atoms with van der Waals surface area (Å²) in [4.78, 5) is 3.67. The van der Waals surface area contributed by atoms with Gasteiger partial charge in [0.15, 0.2) is 6.61 Å². The molecule has 0 aromatic carbocycles. The van der Waals surface area contributed by atoms with Gasteiger partial charge in [0, 0.05) is 12.2 Å². The molecule has 0 saturated heterocycles. The maximum absolute atomic E-state index is 11.9. The Morgan fingerprint density at radius 2 is 2.12 bits per heavy atom. The molecule has 0 unspecified atom stereocenters. The summed E-state index contributed by atoms with van der Waals surface area (Å²) in [6, 6.07) is 1.15. The lowest BCUT2D eigenvalue weighted by atomic mass is 10.2. The van der Waals surface area contributed by atoms with E-state index in [1.807, 2.05) is 0 Å². The van der Waals surface area contributed by atoms with Gasteiger partial charge in [0.1, 0.15) is 5.02 Å². The van der Waals surface area contributed by atoms with E-state index in [1.54, 1.807) is 6.92 Å². The van der Waals surface area contributed by atoms with Crippen LogP contribution < -0.4 is 10.5 Å². The Morgan fingerprint density at radius 3 is 2.53 bits per heavy atom. The second-order valence-corrected chi connectivity index (χ2v) is 3.66. The van der Waals surface area contributed by atoms with Crippen LogP contribution in [0.25, 0.3) is 0 Å². The van der Waals surface area contributed by atoms with Crippen LogP contribution in [0.3, 0.4) is 0 Å². The Hall–Kier alpha value is -0.660. The van der Waals surface area contributed by atoms with Crippen LogP contribution in [0.2, 0.25) is 5.02 Å². The minimum atomic E-state index is -4.41. The van der Waals surface area contributed by atoms with Crippen molar-refractivity contribution < 1.29 is 17.9 Å². The summed E-state index contributed by atoms with van der Waals surface area (Å²) in [5.74, 6) is -0.247. The van der Waals surface area contributed by atoms with E-state index >= 15 is 0 Å². The molecule has 0 aliphatic heterocycles. The van der Waals surface area contributed by atoms with Crippen LogP contribution in [0.4, 0.5) is 13.2 Å². The summed E-state index contributed by atoms with van der Waals surface area (Å²) in [6.45, 7) is 0.292. The molecule has 98 valence electrons. The highest BCUT2D eigenvalue weighted by Crippen LogP contribution is 2.26. The van der Waals surface area contributed by atoms with Gasteiger partial charge in [-0.1, -0.05) is 11.6 Å². The van der Waals surface area contributed by atoms with E-state index in [0.717, 1.165) is 0 Å². The van der Waals surface area contributed by atoms with Crippen molar-refractivity contribution in [1.29, 1.82) is 0 Å². The molecule has 0 bridgehead atoms. The molecule has 3 nitrogen and oxygen atoms in total. The van der Waals surface area contributed by atoms with E-state index < -0.39 is 12.8 Å². The molecular formula is C9H12ClF3N2OS. The summed E-state index contributed by atoms with van der Waals surface area (Å²) in [7, 11) is 0. The lowest BCUT2D eigenvalue weighted by Gasteiger charge is -2.11. The molecule has 0 amide bonds. The second-order valence-electron chi connectivity index (χ2n) is 3.25. The predicted octanol–water partition coefficient (Wildman–Crippen LogP) is 2.81. The molecule has 0 aliphatic carbocycles. The van der Waals surface area contributed by atoms with Crippen molar-refractivity contribution in [3.63, 3.8) is 0 Å². The summed E-state index contributed by atoms with van der Waals surface area (Å²) < 4.78 is 40.0. The first-order valence-corrected chi connectivity index (χ1v) is 4.78. The van der Waals surface area contributed by atoms with Gasteiger partial charge in [-0.25, -0.2) is 4.98 Å². The maximum Gasteiger partial charge on any atom is 0.422 e. The zero-order chi connectivity index (χ0) is 12.3. The maximum atomic E-state index is 11.9. The summed E-state index contributed by atoms with van der Waals surface area (Å²) >= 11 is 5.69. The fourth-order valence-corrected chi connectivity index (χ4v) is 1.17. The lowest BCUT2D eigenvalue weighted by molar-refractivity contribution is -0.154. The van der Waals surface area contributed by atoms with Gasteiger partial charge in [0.2, 0.25) is 5.88 Å². The van der Waals surface area contributed by atoms with Gasteiger partial charge in [0.05, 0.1) is 0 Å². The summed E-state index contributed by atoms with van der Waals surface area (Å²) in [6.07, 6.45) is -3.08. The molecule has 2 N–H and O–H groups in total. The van der Waals surface area contributed by atoms with Crippen LogP contribution in [0.15, 0.2) is 12.3 Å². The van der Waals surface area contributed by atoms with Gasteiger partial charge >= 0.3 is 6.18 Å². The predicted molar refractivity (Wildman–Crippen MR) is 63.8 cm³/mol. The normalized spacial score (nSPS) is 12.8. The number of halogens is 4. The molecule has 17 heavy (non-hydrogen) atoms. The molecule has 1 rings (SSSR count). The highest BCUT2D eigenvalue weighted by molar-refractivity contribution is 7.59. The first kappa shape index (κ1) is 16.3. The Bertz CT molecular complexity index is 374. The Labute approximate surface area is 109 Å². The second kappa shape index (κ2) is 6.32. The molecule has 0 saturated carbocycles. The SMILES string of the molecule is C[C@H](N)c1cnc(OCC(F)(F)F)c(Cl)c1.S. The van der Waals surface area contributed by atoms with E-state index in [0.29, 0.717) is 5.56 Å². The standard InChI is InChI=1S/C9H10ClF3N2O.H2S/c1-5(14)6-2-7(10)8(15-3-6)16-4-9(11,12)13;/h2-3,5H,4,14H2,1H3;1H2/t5-;/m0./s1. The number of hydrogen-bond acceptors (Lipinski definition) is 3. The number of alkyl halides is 3. The number of rotatable bonds is 3. The Kier molecular flexibility index (Phi) is 6.08. The average molecular weight is 289 g/mol. The van der Waals surface area contributed by atoms with Crippen molar-refractivity contribution in [2.45, 2.75) is 19.1 Å². The topological polar surface area (TPSA) is 48.1 Å². The van der Waals surface area contributed by atoms with E-state index in [-0.39, 0.29) is 30.4 Å². The monoisotopic (exact) mass is 288 g/mol. The van der Waals surface area contributed by atoms with Crippen LogP contribution in [0.1, 0.15) is 18.5 Å². The van der Waals surface area contributed by atoms with Gasteiger partial charge in [0.25, 0.3) is 0 Å². The van der Waals surface area contributed by atoms with Gasteiger partial charge < -0.3 is 10.5 Å². The zero-order valence-electron chi connectivity index (χ0n) is 8.88. The van der Waals surface area contributed by atoms with E-state index in [4.69, 9.17) is 17.3 Å². The Balaban J connectivity index is 0.00000256. The van der Waals surface area contributed by atoms with Crippen molar-refractivity contribution in [2.75, 3.05) is 6.61 Å². The molecule has 1 aromatic rings. The fourth-order valence-electron chi connectivity index (χ4n) is 0.946. The minimum absolute atomic E-state index is 0. The molecular weight excluding hydrogens is 277 g/mol. The first-order valence-electron chi connectivity index (χ1n) is 4.40. The van der Waals surface area contributed by atoms with Gasteiger partial charge in [-0.3, -0.25) is 0 Å². The van der Waals surface area contributed by atoms with Crippen molar-refractivity contribution in [2.24, 2.45) is 5.73 Å².